The summed E-state index contributed by atoms with van der Waals surface area (Å²) < 4.78 is 13.5. The van der Waals surface area contributed by atoms with E-state index in [0.717, 1.165) is 17.0 Å². The minimum Gasteiger partial charge on any atom is -0.256 e. The Labute approximate surface area is 82.4 Å². The molecule has 0 amide bonds. The lowest BCUT2D eigenvalue weighted by Gasteiger charge is -2.09. The third kappa shape index (κ3) is 1.11. The van der Waals surface area contributed by atoms with Crippen LogP contribution in [-0.2, 0) is 6.42 Å². The van der Waals surface area contributed by atoms with E-state index in [1.807, 2.05) is 6.92 Å². The summed E-state index contributed by atoms with van der Waals surface area (Å²) in [5.74, 6) is 0. The first-order valence-corrected chi connectivity index (χ1v) is 4.69. The fourth-order valence-electron chi connectivity index (χ4n) is 2.12. The molecule has 0 bridgehead atoms. The summed E-state index contributed by atoms with van der Waals surface area (Å²) in [6.07, 6.45) is 0.284. The minimum absolute atomic E-state index is 0.511. The Morgan fingerprint density at radius 1 is 1.50 bits per heavy atom. The number of alkyl halides is 1. The molecule has 1 aromatic heterocycles. The number of hydrogen-bond donors (Lipinski definition) is 0. The topological polar surface area (TPSA) is 36.7 Å². The van der Waals surface area contributed by atoms with Crippen LogP contribution in [0, 0.1) is 25.2 Å². The zero-order valence-corrected chi connectivity index (χ0v) is 8.26. The average Bonchev–Trinajstić information content (AvgIpc) is 2.48. The second-order valence-electron chi connectivity index (χ2n) is 3.68. The van der Waals surface area contributed by atoms with Gasteiger partial charge < -0.3 is 0 Å². The van der Waals surface area contributed by atoms with Crippen LogP contribution in [-0.4, -0.2) is 4.98 Å². The smallest absolute Gasteiger partial charge is 0.128 e. The van der Waals surface area contributed by atoms with Crippen molar-refractivity contribution in [2.45, 2.75) is 32.9 Å². The largest absolute Gasteiger partial charge is 0.256 e. The molecule has 0 saturated heterocycles. The highest BCUT2D eigenvalue weighted by atomic mass is 19.1. The molecule has 72 valence electrons. The van der Waals surface area contributed by atoms with Crippen molar-refractivity contribution in [3.63, 3.8) is 0 Å². The van der Waals surface area contributed by atoms with Crippen LogP contribution in [0.3, 0.4) is 0 Å². The molecule has 1 aliphatic carbocycles. The van der Waals surface area contributed by atoms with Gasteiger partial charge in [-0.2, -0.15) is 5.26 Å². The molecule has 0 fully saturated rings. The lowest BCUT2D eigenvalue weighted by Crippen LogP contribution is -2.01. The van der Waals surface area contributed by atoms with Gasteiger partial charge in [0.2, 0.25) is 0 Å². The maximum Gasteiger partial charge on any atom is 0.128 e. The van der Waals surface area contributed by atoms with Gasteiger partial charge in [0.1, 0.15) is 12.2 Å². The fourth-order valence-corrected chi connectivity index (χ4v) is 2.12. The van der Waals surface area contributed by atoms with Crippen molar-refractivity contribution >= 4 is 0 Å². The molecule has 0 radical (unpaired) electrons. The van der Waals surface area contributed by atoms with Crippen LogP contribution >= 0.6 is 0 Å². The van der Waals surface area contributed by atoms with Gasteiger partial charge in [0.15, 0.2) is 0 Å². The summed E-state index contributed by atoms with van der Waals surface area (Å²) in [7, 11) is 0. The highest BCUT2D eigenvalue weighted by Gasteiger charge is 2.27. The van der Waals surface area contributed by atoms with E-state index in [1.165, 1.54) is 0 Å². The molecular weight excluding hydrogens is 179 g/mol. The molecule has 0 aromatic carbocycles. The second-order valence-corrected chi connectivity index (χ2v) is 3.68. The minimum atomic E-state index is -0.926. The van der Waals surface area contributed by atoms with Crippen molar-refractivity contribution in [3.8, 4) is 6.07 Å². The predicted molar refractivity (Wildman–Crippen MR) is 50.6 cm³/mol. The van der Waals surface area contributed by atoms with E-state index >= 15 is 0 Å². The summed E-state index contributed by atoms with van der Waals surface area (Å²) in [4.78, 5) is 4.27. The first kappa shape index (κ1) is 9.14. The number of halogens is 1. The Kier molecular flexibility index (Phi) is 1.99. The third-order valence-electron chi connectivity index (χ3n) is 2.81. The second kappa shape index (κ2) is 3.06. The maximum absolute atomic E-state index is 13.5. The molecule has 2 nitrogen and oxygen atoms in total. The van der Waals surface area contributed by atoms with Gasteiger partial charge in [-0.25, -0.2) is 4.39 Å². The number of pyridine rings is 1. The van der Waals surface area contributed by atoms with Crippen molar-refractivity contribution in [1.29, 1.82) is 5.26 Å². The summed E-state index contributed by atoms with van der Waals surface area (Å²) in [5.41, 5.74) is 3.53. The zero-order chi connectivity index (χ0) is 10.3. The maximum atomic E-state index is 13.5. The van der Waals surface area contributed by atoms with Crippen LogP contribution in [0.2, 0.25) is 0 Å². The van der Waals surface area contributed by atoms with E-state index in [0.29, 0.717) is 24.0 Å². The quantitative estimate of drug-likeness (QED) is 0.630. The fraction of sp³-hybridized carbons (Fsp3) is 0.455. The number of aryl methyl sites for hydroxylation is 2. The molecule has 0 saturated carbocycles. The molecule has 0 aliphatic heterocycles. The van der Waals surface area contributed by atoms with Crippen molar-refractivity contribution in [2.75, 3.05) is 0 Å². The van der Waals surface area contributed by atoms with Gasteiger partial charge in [-0.3, -0.25) is 4.98 Å². The van der Waals surface area contributed by atoms with E-state index in [4.69, 9.17) is 5.26 Å². The van der Waals surface area contributed by atoms with E-state index < -0.39 is 6.17 Å². The van der Waals surface area contributed by atoms with Gasteiger partial charge >= 0.3 is 0 Å². The van der Waals surface area contributed by atoms with Gasteiger partial charge in [0, 0.05) is 11.3 Å². The van der Waals surface area contributed by atoms with Gasteiger partial charge in [0.05, 0.1) is 11.3 Å². The summed E-state index contributed by atoms with van der Waals surface area (Å²) in [5, 5.41) is 8.90. The summed E-state index contributed by atoms with van der Waals surface area (Å²) in [6, 6.07) is 2.08. The number of fused-ring (bicyclic) bond motifs is 1. The molecule has 1 aliphatic rings. The number of aromatic nitrogens is 1. The molecule has 0 N–H and O–H groups in total. The predicted octanol–water partition coefficient (Wildman–Crippen LogP) is 2.53. The normalized spacial score (nSPS) is 19.1. The molecule has 14 heavy (non-hydrogen) atoms. The van der Waals surface area contributed by atoms with Crippen LogP contribution in [0.15, 0.2) is 0 Å². The monoisotopic (exact) mass is 190 g/mol. The molecule has 2 rings (SSSR count). The molecule has 1 aromatic rings. The Morgan fingerprint density at radius 3 is 2.86 bits per heavy atom. The van der Waals surface area contributed by atoms with Gasteiger partial charge in [-0.15, -0.1) is 0 Å². The number of hydrogen-bond acceptors (Lipinski definition) is 2. The molecule has 1 unspecified atom stereocenters. The highest BCUT2D eigenvalue weighted by Crippen LogP contribution is 2.36. The number of nitriles is 1. The van der Waals surface area contributed by atoms with E-state index in [1.54, 1.807) is 6.92 Å². The Hall–Kier alpha value is -1.43. The first-order valence-electron chi connectivity index (χ1n) is 4.69. The molecule has 1 atom stereocenters. The molecule has 3 heteroatoms. The van der Waals surface area contributed by atoms with Crippen LogP contribution < -0.4 is 0 Å². The van der Waals surface area contributed by atoms with E-state index in [-0.39, 0.29) is 0 Å². The van der Waals surface area contributed by atoms with Crippen molar-refractivity contribution < 1.29 is 4.39 Å². The Bertz CT molecular complexity index is 432. The van der Waals surface area contributed by atoms with Gasteiger partial charge in [-0.1, -0.05) is 0 Å². The summed E-state index contributed by atoms with van der Waals surface area (Å²) in [6.45, 7) is 3.61. The van der Waals surface area contributed by atoms with Gasteiger partial charge in [-0.05, 0) is 32.3 Å². The SMILES string of the molecule is Cc1nc2c(c(C)c1C#N)C(F)CC2. The number of nitrogens with zero attached hydrogens (tertiary/aromatic N) is 2. The Morgan fingerprint density at radius 2 is 2.21 bits per heavy atom. The van der Waals surface area contributed by atoms with Crippen LogP contribution in [0.5, 0.6) is 0 Å². The van der Waals surface area contributed by atoms with Crippen LogP contribution in [0.1, 0.15) is 40.7 Å². The lowest BCUT2D eigenvalue weighted by atomic mass is 10.0. The van der Waals surface area contributed by atoms with Crippen LogP contribution in [0.25, 0.3) is 0 Å². The van der Waals surface area contributed by atoms with E-state index in [9.17, 15) is 4.39 Å². The average molecular weight is 190 g/mol. The number of rotatable bonds is 0. The summed E-state index contributed by atoms with van der Waals surface area (Å²) >= 11 is 0. The zero-order valence-electron chi connectivity index (χ0n) is 8.26. The van der Waals surface area contributed by atoms with Crippen molar-refractivity contribution in [3.05, 3.63) is 28.1 Å². The highest BCUT2D eigenvalue weighted by molar-refractivity contribution is 5.48. The molecular formula is C11H11FN2. The Balaban J connectivity index is 2.72. The van der Waals surface area contributed by atoms with Crippen molar-refractivity contribution in [1.82, 2.24) is 4.98 Å². The third-order valence-corrected chi connectivity index (χ3v) is 2.81. The standard InChI is InChI=1S/C11H11FN2/c1-6-8(5-13)7(2)14-10-4-3-9(12)11(6)10/h9H,3-4H2,1-2H3. The van der Waals surface area contributed by atoms with Crippen molar-refractivity contribution in [2.24, 2.45) is 0 Å². The van der Waals surface area contributed by atoms with E-state index in [2.05, 4.69) is 11.1 Å². The van der Waals surface area contributed by atoms with Gasteiger partial charge in [0.25, 0.3) is 0 Å². The molecule has 0 spiro atoms. The van der Waals surface area contributed by atoms with Crippen LogP contribution in [0.4, 0.5) is 4.39 Å². The lowest BCUT2D eigenvalue weighted by molar-refractivity contribution is 0.342. The first-order chi connectivity index (χ1) is 6.65. The molecule has 1 heterocycles.